The first-order valence-electron chi connectivity index (χ1n) is 12.2. The molecule has 0 saturated carbocycles. The molecule has 2 amide bonds. The average Bonchev–Trinajstić information content (AvgIpc) is 3.47. The maximum atomic E-state index is 13.1. The molecule has 0 bridgehead atoms. The van der Waals surface area contributed by atoms with Crippen LogP contribution >= 0.6 is 12.0 Å². The van der Waals surface area contributed by atoms with Crippen molar-refractivity contribution >= 4 is 35.5 Å². The molecule has 0 radical (unpaired) electrons. The van der Waals surface area contributed by atoms with Crippen molar-refractivity contribution in [1.82, 2.24) is 21.1 Å². The lowest BCUT2D eigenvalue weighted by atomic mass is 9.86. The molecule has 2 aliphatic heterocycles. The van der Waals surface area contributed by atoms with E-state index in [1.165, 1.54) is 24.1 Å². The molecule has 210 valence electrons. The molecule has 2 heterocycles. The zero-order chi connectivity index (χ0) is 28.0. The van der Waals surface area contributed by atoms with Gasteiger partial charge in [-0.2, -0.15) is 28.1 Å². The number of carbonyl (C=O) groups excluding carboxylic acids is 3. The molecule has 0 unspecified atom stereocenters. The fraction of sp³-hybridized carbons (Fsp3) is 0.400. The Balaban J connectivity index is 1.35. The molecular formula is C25H28F3N5O5S. The zero-order valence-electron chi connectivity index (χ0n) is 20.9. The SMILES string of the molecule is C[C@H](NC(=O)[C@H]1C[C@@H](c2ccccc2)CCN1OC(=O)C(F)(F)F)C(=O)NCc1ccc(N2NCSO2)cc1. The van der Waals surface area contributed by atoms with Crippen molar-refractivity contribution in [3.05, 3.63) is 65.7 Å². The number of halogens is 3. The number of alkyl halides is 3. The molecule has 2 aromatic carbocycles. The van der Waals surface area contributed by atoms with Crippen molar-refractivity contribution in [2.45, 2.75) is 50.5 Å². The van der Waals surface area contributed by atoms with E-state index >= 15 is 0 Å². The standard InChI is InChI=1S/C25H28F3N5O5S/c1-16(22(34)29-14-17-7-9-20(10-8-17)33-30-15-39-38-33)31-23(35)21-13-19(18-5-3-2-4-6-18)11-12-32(21)37-24(36)25(26,27)28/h2-10,16,19,21,30H,11-15H2,1H3,(H,29,34)(H,31,35)/t16-,19-,21+/m0/s1. The number of nitrogens with one attached hydrogen (secondary N) is 3. The molecule has 3 N–H and O–H groups in total. The molecule has 39 heavy (non-hydrogen) atoms. The van der Waals surface area contributed by atoms with Crippen molar-refractivity contribution in [2.24, 2.45) is 0 Å². The Morgan fingerprint density at radius 2 is 1.87 bits per heavy atom. The van der Waals surface area contributed by atoms with E-state index in [0.29, 0.717) is 12.3 Å². The van der Waals surface area contributed by atoms with Crippen LogP contribution in [0.1, 0.15) is 36.8 Å². The molecule has 0 aliphatic carbocycles. The maximum Gasteiger partial charge on any atom is 0.492 e. The lowest BCUT2D eigenvalue weighted by molar-refractivity contribution is -0.249. The number of amides is 2. The number of hydroxylamine groups is 2. The predicted molar refractivity (Wildman–Crippen MR) is 136 cm³/mol. The molecule has 2 aromatic rings. The van der Waals surface area contributed by atoms with Crippen LogP contribution in [0.2, 0.25) is 0 Å². The summed E-state index contributed by atoms with van der Waals surface area (Å²) < 4.78 is 43.9. The van der Waals surface area contributed by atoms with Crippen molar-refractivity contribution in [1.29, 1.82) is 0 Å². The normalized spacial score (nSPS) is 20.8. The summed E-state index contributed by atoms with van der Waals surface area (Å²) in [5.74, 6) is -3.12. The van der Waals surface area contributed by atoms with Crippen molar-refractivity contribution in [3.8, 4) is 0 Å². The number of piperidine rings is 1. The van der Waals surface area contributed by atoms with Crippen LogP contribution in [-0.4, -0.2) is 53.5 Å². The first kappa shape index (κ1) is 28.7. The van der Waals surface area contributed by atoms with Gasteiger partial charge in [0.25, 0.3) is 0 Å². The molecule has 2 saturated heterocycles. The molecule has 2 fully saturated rings. The highest BCUT2D eigenvalue weighted by Crippen LogP contribution is 2.33. The minimum absolute atomic E-state index is 0.0767. The summed E-state index contributed by atoms with van der Waals surface area (Å²) in [6.07, 6.45) is -4.72. The molecule has 0 spiro atoms. The highest BCUT2D eigenvalue weighted by Gasteiger charge is 2.45. The highest BCUT2D eigenvalue weighted by atomic mass is 32.2. The molecule has 2 aliphatic rings. The molecule has 14 heteroatoms. The van der Waals surface area contributed by atoms with Crippen LogP contribution in [0.15, 0.2) is 54.6 Å². The number of rotatable bonds is 8. The third-order valence-corrected chi connectivity index (χ3v) is 6.84. The number of carbonyl (C=O) groups is 3. The number of hydrogen-bond acceptors (Lipinski definition) is 9. The van der Waals surface area contributed by atoms with Crippen LogP contribution in [0.25, 0.3) is 0 Å². The van der Waals surface area contributed by atoms with Gasteiger partial charge < -0.3 is 15.5 Å². The van der Waals surface area contributed by atoms with Crippen LogP contribution < -0.4 is 21.2 Å². The van der Waals surface area contributed by atoms with Crippen LogP contribution in [0.5, 0.6) is 0 Å². The van der Waals surface area contributed by atoms with Gasteiger partial charge in [-0.05, 0) is 48.9 Å². The quantitative estimate of drug-likeness (QED) is 0.415. The highest BCUT2D eigenvalue weighted by molar-refractivity contribution is 7.94. The Hall–Kier alpha value is -3.33. The predicted octanol–water partition coefficient (Wildman–Crippen LogP) is 2.94. The van der Waals surface area contributed by atoms with Crippen molar-refractivity contribution in [2.75, 3.05) is 17.6 Å². The number of hydrazine groups is 1. The number of benzene rings is 2. The van der Waals surface area contributed by atoms with Gasteiger partial charge in [0.2, 0.25) is 11.8 Å². The zero-order valence-corrected chi connectivity index (χ0v) is 21.8. The summed E-state index contributed by atoms with van der Waals surface area (Å²) in [5.41, 5.74) is 5.52. The van der Waals surface area contributed by atoms with Gasteiger partial charge in [0.1, 0.15) is 12.1 Å². The topological polar surface area (TPSA) is 112 Å². The van der Waals surface area contributed by atoms with E-state index in [4.69, 9.17) is 4.28 Å². The fourth-order valence-electron chi connectivity index (χ4n) is 4.27. The second-order valence-electron chi connectivity index (χ2n) is 9.07. The van der Waals surface area contributed by atoms with E-state index in [2.05, 4.69) is 20.9 Å². The summed E-state index contributed by atoms with van der Waals surface area (Å²) in [6, 6.07) is 14.3. The average molecular weight is 568 g/mol. The Bertz CT molecular complexity index is 1150. The monoisotopic (exact) mass is 567 g/mol. The maximum absolute atomic E-state index is 13.1. The lowest BCUT2D eigenvalue weighted by Gasteiger charge is -2.37. The van der Waals surface area contributed by atoms with Crippen molar-refractivity contribution < 1.29 is 36.7 Å². The van der Waals surface area contributed by atoms with Gasteiger partial charge >= 0.3 is 12.1 Å². The van der Waals surface area contributed by atoms with Crippen molar-refractivity contribution in [3.63, 3.8) is 0 Å². The van der Waals surface area contributed by atoms with E-state index in [-0.39, 0.29) is 25.4 Å². The van der Waals surface area contributed by atoms with E-state index < -0.39 is 36.0 Å². The summed E-state index contributed by atoms with van der Waals surface area (Å²) >= 11 is 1.26. The Labute approximate surface area is 227 Å². The van der Waals surface area contributed by atoms with Gasteiger partial charge in [-0.25, -0.2) is 4.79 Å². The second-order valence-corrected chi connectivity index (χ2v) is 9.74. The summed E-state index contributed by atoms with van der Waals surface area (Å²) in [7, 11) is 0. The number of anilines is 1. The lowest BCUT2D eigenvalue weighted by Crippen LogP contribution is -2.55. The van der Waals surface area contributed by atoms with Crippen LogP contribution in [0.4, 0.5) is 18.9 Å². The molecule has 3 atom stereocenters. The molecular weight excluding hydrogens is 539 g/mol. The van der Waals surface area contributed by atoms with E-state index in [9.17, 15) is 27.6 Å². The smallest absolute Gasteiger partial charge is 0.360 e. The molecule has 4 rings (SSSR count). The van der Waals surface area contributed by atoms with Gasteiger partial charge in [-0.1, -0.05) is 42.5 Å². The van der Waals surface area contributed by atoms with Crippen LogP contribution in [-0.2, 0) is 30.0 Å². The van der Waals surface area contributed by atoms with Gasteiger partial charge in [-0.15, -0.1) is 5.06 Å². The van der Waals surface area contributed by atoms with Crippen LogP contribution in [0, 0.1) is 0 Å². The first-order chi connectivity index (χ1) is 18.6. The largest absolute Gasteiger partial charge is 0.492 e. The molecule has 10 nitrogen and oxygen atoms in total. The van der Waals surface area contributed by atoms with Gasteiger partial charge in [0, 0.05) is 25.1 Å². The first-order valence-corrected chi connectivity index (χ1v) is 13.1. The Morgan fingerprint density at radius 1 is 1.15 bits per heavy atom. The summed E-state index contributed by atoms with van der Waals surface area (Å²) in [4.78, 5) is 41.9. The summed E-state index contributed by atoms with van der Waals surface area (Å²) in [6.45, 7) is 1.58. The van der Waals surface area contributed by atoms with E-state index in [1.807, 2.05) is 54.6 Å². The third kappa shape index (κ3) is 7.62. The van der Waals surface area contributed by atoms with Gasteiger partial charge in [0.05, 0.1) is 11.6 Å². The Morgan fingerprint density at radius 3 is 2.51 bits per heavy atom. The fourth-order valence-corrected chi connectivity index (χ4v) is 4.74. The van der Waals surface area contributed by atoms with Gasteiger partial charge in [0.15, 0.2) is 0 Å². The van der Waals surface area contributed by atoms with Crippen LogP contribution in [0.3, 0.4) is 0 Å². The van der Waals surface area contributed by atoms with E-state index in [0.717, 1.165) is 21.9 Å². The molecule has 0 aromatic heterocycles. The van der Waals surface area contributed by atoms with E-state index in [1.54, 1.807) is 0 Å². The minimum Gasteiger partial charge on any atom is -0.360 e. The minimum atomic E-state index is -5.21. The Kier molecular flexibility index (Phi) is 9.32. The van der Waals surface area contributed by atoms with Gasteiger partial charge in [-0.3, -0.25) is 9.59 Å². The second kappa shape index (κ2) is 12.7. The third-order valence-electron chi connectivity index (χ3n) is 6.34. The summed E-state index contributed by atoms with van der Waals surface area (Å²) in [5, 5.41) is 7.55. The number of nitrogens with zero attached hydrogens (tertiary/aromatic N) is 2. The number of hydrogen-bond donors (Lipinski definition) is 3.